The number of nitrogens with two attached hydrogens (primary N) is 1. The molecule has 1 aromatic carbocycles. The predicted octanol–water partition coefficient (Wildman–Crippen LogP) is 2.10. The number of carbonyl (C=O) groups excluding carboxylic acids is 1. The zero-order valence-corrected chi connectivity index (χ0v) is 13.2. The number of hydrogen-bond acceptors (Lipinski definition) is 6. The Hall–Kier alpha value is -3.03. The first-order valence-corrected chi connectivity index (χ1v) is 7.87. The molecule has 8 nitrogen and oxygen atoms in total. The molecule has 1 aliphatic carbocycles. The summed E-state index contributed by atoms with van der Waals surface area (Å²) in [5.74, 6) is 0.0958. The first kappa shape index (κ1) is 14.6. The zero-order valence-electron chi connectivity index (χ0n) is 13.2. The summed E-state index contributed by atoms with van der Waals surface area (Å²) in [5.41, 5.74) is 7.09. The van der Waals surface area contributed by atoms with Gasteiger partial charge in [-0.15, -0.1) is 10.2 Å². The van der Waals surface area contributed by atoms with E-state index >= 15 is 0 Å². The van der Waals surface area contributed by atoms with E-state index in [1.165, 1.54) is 19.3 Å². The highest BCUT2D eigenvalue weighted by Crippen LogP contribution is 2.32. The Morgan fingerprint density at radius 1 is 1.33 bits per heavy atom. The Labute approximate surface area is 138 Å². The van der Waals surface area contributed by atoms with Crippen molar-refractivity contribution in [1.82, 2.24) is 25.0 Å². The molecule has 1 amide bonds. The average molecular weight is 323 g/mol. The molecule has 0 atom stereocenters. The number of nitrogens with one attached hydrogen (secondary N) is 1. The molecule has 0 unspecified atom stereocenters. The van der Waals surface area contributed by atoms with Crippen LogP contribution in [-0.2, 0) is 0 Å². The molecule has 24 heavy (non-hydrogen) atoms. The standard InChI is InChI=1S/C16H17N7O/c1-9-18-16(14(15(17)24)21-20-9)19-11-5-6-13-10(7-11)8-23(22-13)12-3-2-4-12/h5-8,12H,2-4H2,1H3,(H2,17,24)(H,18,19,20). The van der Waals surface area contributed by atoms with Gasteiger partial charge >= 0.3 is 0 Å². The minimum absolute atomic E-state index is 0.0193. The van der Waals surface area contributed by atoms with Gasteiger partial charge in [0, 0.05) is 17.3 Å². The number of nitrogens with zero attached hydrogens (tertiary/aromatic N) is 5. The van der Waals surface area contributed by atoms with E-state index in [-0.39, 0.29) is 5.69 Å². The third-order valence-corrected chi connectivity index (χ3v) is 4.26. The molecule has 1 aliphatic rings. The molecular weight excluding hydrogens is 306 g/mol. The number of amides is 1. The maximum Gasteiger partial charge on any atom is 0.273 e. The predicted molar refractivity (Wildman–Crippen MR) is 89.0 cm³/mol. The third kappa shape index (κ3) is 2.55. The van der Waals surface area contributed by atoms with Crippen LogP contribution in [0.4, 0.5) is 11.5 Å². The van der Waals surface area contributed by atoms with E-state index in [0.717, 1.165) is 16.6 Å². The van der Waals surface area contributed by atoms with Gasteiger partial charge in [0.25, 0.3) is 5.91 Å². The molecule has 3 N–H and O–H groups in total. The van der Waals surface area contributed by atoms with Crippen molar-refractivity contribution in [1.29, 1.82) is 0 Å². The highest BCUT2D eigenvalue weighted by atomic mass is 16.1. The van der Waals surface area contributed by atoms with Gasteiger partial charge in [-0.2, -0.15) is 5.10 Å². The van der Waals surface area contributed by atoms with E-state index in [4.69, 9.17) is 5.73 Å². The van der Waals surface area contributed by atoms with Gasteiger partial charge in [-0.05, 0) is 44.4 Å². The Kier molecular flexibility index (Phi) is 3.37. The number of anilines is 2. The van der Waals surface area contributed by atoms with Gasteiger partial charge in [0.2, 0.25) is 0 Å². The lowest BCUT2D eigenvalue weighted by Crippen LogP contribution is -2.18. The van der Waals surface area contributed by atoms with Crippen molar-refractivity contribution in [3.05, 3.63) is 35.9 Å². The average Bonchev–Trinajstić information content (AvgIpc) is 2.87. The highest BCUT2D eigenvalue weighted by Gasteiger charge is 2.20. The van der Waals surface area contributed by atoms with Crippen LogP contribution in [0.15, 0.2) is 24.4 Å². The summed E-state index contributed by atoms with van der Waals surface area (Å²) in [4.78, 5) is 15.7. The van der Waals surface area contributed by atoms with E-state index in [1.54, 1.807) is 6.92 Å². The molecule has 8 heteroatoms. The second-order valence-corrected chi connectivity index (χ2v) is 6.01. The van der Waals surface area contributed by atoms with Crippen LogP contribution in [0.2, 0.25) is 0 Å². The van der Waals surface area contributed by atoms with Gasteiger partial charge < -0.3 is 11.1 Å². The molecule has 1 fully saturated rings. The van der Waals surface area contributed by atoms with Gasteiger partial charge in [0.05, 0.1) is 11.6 Å². The van der Waals surface area contributed by atoms with Gasteiger partial charge in [0.15, 0.2) is 11.5 Å². The summed E-state index contributed by atoms with van der Waals surface area (Å²) in [6.07, 6.45) is 5.70. The molecule has 3 aromatic rings. The number of carbonyl (C=O) groups is 1. The first-order chi connectivity index (χ1) is 11.6. The summed E-state index contributed by atoms with van der Waals surface area (Å²) in [7, 11) is 0. The molecule has 4 rings (SSSR count). The van der Waals surface area contributed by atoms with E-state index < -0.39 is 5.91 Å². The smallest absolute Gasteiger partial charge is 0.273 e. The number of benzene rings is 1. The van der Waals surface area contributed by atoms with Crippen molar-refractivity contribution < 1.29 is 4.79 Å². The minimum atomic E-state index is -0.670. The van der Waals surface area contributed by atoms with Crippen LogP contribution in [0.5, 0.6) is 0 Å². The van der Waals surface area contributed by atoms with Crippen molar-refractivity contribution in [2.24, 2.45) is 5.73 Å². The second-order valence-electron chi connectivity index (χ2n) is 6.01. The van der Waals surface area contributed by atoms with Crippen LogP contribution in [0.3, 0.4) is 0 Å². The summed E-state index contributed by atoms with van der Waals surface area (Å²) in [6, 6.07) is 6.32. The van der Waals surface area contributed by atoms with Crippen LogP contribution in [0, 0.1) is 6.92 Å². The fourth-order valence-corrected chi connectivity index (χ4v) is 2.76. The SMILES string of the molecule is Cc1nnc(C(N)=O)c(Nc2ccc3nn(C4CCC4)cc3c2)n1. The summed E-state index contributed by atoms with van der Waals surface area (Å²) in [5, 5.41) is 16.3. The topological polar surface area (TPSA) is 112 Å². The number of rotatable bonds is 4. The molecule has 0 saturated heterocycles. The zero-order chi connectivity index (χ0) is 16.7. The Bertz CT molecular complexity index is 929. The van der Waals surface area contributed by atoms with Crippen LogP contribution in [0.25, 0.3) is 10.9 Å². The summed E-state index contributed by atoms with van der Waals surface area (Å²) in [6.45, 7) is 1.70. The minimum Gasteiger partial charge on any atom is -0.364 e. The first-order valence-electron chi connectivity index (χ1n) is 7.87. The number of fused-ring (bicyclic) bond motifs is 1. The largest absolute Gasteiger partial charge is 0.364 e. The quantitative estimate of drug-likeness (QED) is 0.760. The molecule has 0 radical (unpaired) electrons. The Morgan fingerprint density at radius 3 is 2.88 bits per heavy atom. The van der Waals surface area contributed by atoms with Crippen molar-refractivity contribution >= 4 is 28.3 Å². The van der Waals surface area contributed by atoms with Gasteiger partial charge in [-0.3, -0.25) is 9.48 Å². The van der Waals surface area contributed by atoms with Gasteiger partial charge in [0.1, 0.15) is 5.82 Å². The van der Waals surface area contributed by atoms with Crippen molar-refractivity contribution in [2.45, 2.75) is 32.2 Å². The van der Waals surface area contributed by atoms with E-state index in [9.17, 15) is 4.79 Å². The fourth-order valence-electron chi connectivity index (χ4n) is 2.76. The molecular formula is C16H17N7O. The molecule has 0 spiro atoms. The summed E-state index contributed by atoms with van der Waals surface area (Å²) < 4.78 is 2.04. The molecule has 122 valence electrons. The maximum absolute atomic E-state index is 11.5. The second kappa shape index (κ2) is 5.55. The van der Waals surface area contributed by atoms with Crippen LogP contribution in [-0.4, -0.2) is 30.9 Å². The number of aromatic nitrogens is 5. The lowest BCUT2D eigenvalue weighted by atomic mass is 9.93. The third-order valence-electron chi connectivity index (χ3n) is 4.26. The molecule has 2 aromatic heterocycles. The monoisotopic (exact) mass is 323 g/mol. The normalized spacial score (nSPS) is 14.5. The molecule has 1 saturated carbocycles. The van der Waals surface area contributed by atoms with Crippen molar-refractivity contribution in [3.8, 4) is 0 Å². The lowest BCUT2D eigenvalue weighted by Gasteiger charge is -2.25. The van der Waals surface area contributed by atoms with Gasteiger partial charge in [-0.1, -0.05) is 0 Å². The van der Waals surface area contributed by atoms with Crippen molar-refractivity contribution in [3.63, 3.8) is 0 Å². The highest BCUT2D eigenvalue weighted by molar-refractivity contribution is 5.96. The maximum atomic E-state index is 11.5. The van der Waals surface area contributed by atoms with E-state index in [0.29, 0.717) is 17.7 Å². The van der Waals surface area contributed by atoms with E-state index in [1.807, 2.05) is 22.9 Å². The molecule has 2 heterocycles. The molecule has 0 bridgehead atoms. The van der Waals surface area contributed by atoms with Crippen molar-refractivity contribution in [2.75, 3.05) is 5.32 Å². The molecule has 0 aliphatic heterocycles. The number of hydrogen-bond donors (Lipinski definition) is 2. The Balaban J connectivity index is 1.67. The van der Waals surface area contributed by atoms with Crippen LogP contribution in [0.1, 0.15) is 41.6 Å². The summed E-state index contributed by atoms with van der Waals surface area (Å²) >= 11 is 0. The number of aryl methyl sites for hydroxylation is 1. The van der Waals surface area contributed by atoms with E-state index in [2.05, 4.69) is 31.8 Å². The van der Waals surface area contributed by atoms with Gasteiger partial charge in [-0.25, -0.2) is 4.98 Å². The lowest BCUT2D eigenvalue weighted by molar-refractivity contribution is 0.0995. The van der Waals surface area contributed by atoms with Crippen LogP contribution < -0.4 is 11.1 Å². The Morgan fingerprint density at radius 2 is 2.17 bits per heavy atom. The fraction of sp³-hybridized carbons (Fsp3) is 0.312. The number of primary amides is 1. The van der Waals surface area contributed by atoms with Crippen LogP contribution >= 0.6 is 0 Å².